The molecule has 4 N–H and O–H groups in total. The molecule has 4 nitrogen and oxygen atoms in total. The fraction of sp³-hybridized carbons (Fsp3) is 0.125. The Balaban J connectivity index is 2.50. The van der Waals surface area contributed by atoms with Crippen molar-refractivity contribution >= 4 is 22.0 Å². The summed E-state index contributed by atoms with van der Waals surface area (Å²) in [5, 5.41) is 14.7. The quantitative estimate of drug-likeness (QED) is 0.489. The molecule has 1 aromatic heterocycles. The van der Waals surface area contributed by atoms with Crippen LogP contribution in [0.3, 0.4) is 0 Å². The highest BCUT2D eigenvalue weighted by Gasteiger charge is 2.02. The van der Waals surface area contributed by atoms with Gasteiger partial charge < -0.3 is 5.73 Å². The average molecular weight is 194 g/mol. The van der Waals surface area contributed by atoms with Crippen molar-refractivity contribution < 1.29 is 0 Å². The van der Waals surface area contributed by atoms with Crippen LogP contribution in [0.5, 0.6) is 0 Å². The van der Waals surface area contributed by atoms with Gasteiger partial charge in [0, 0.05) is 18.3 Å². The van der Waals surface area contributed by atoms with Crippen molar-refractivity contribution in [2.45, 2.75) is 6.42 Å². The second-order valence-electron chi connectivity index (χ2n) is 2.39. The number of aromatic nitrogens is 1. The largest absolute Gasteiger partial charge is 0.378 e. The first-order chi connectivity index (χ1) is 6.18. The molecule has 0 saturated carbocycles. The van der Waals surface area contributed by atoms with Crippen LogP contribution in [-0.2, 0) is 6.42 Å². The zero-order valence-corrected chi connectivity index (χ0v) is 7.77. The molecule has 0 spiro atoms. The predicted octanol–water partition coefficient (Wildman–Crippen LogP) is 1.23. The van der Waals surface area contributed by atoms with Crippen LogP contribution in [0.25, 0.3) is 0 Å². The van der Waals surface area contributed by atoms with E-state index in [1.165, 1.54) is 0 Å². The Hall–Kier alpha value is -1.36. The molecule has 0 aliphatic carbocycles. The number of rotatable bonds is 2. The standard InChI is InChI=1S/C8H10N4S/c9-7(13-8(10)11)5-6-3-1-2-4-12-6/h1-4,9H,5H2,(H3,10,11). The smallest absolute Gasteiger partial charge is 0.157 e. The number of hydrogen-bond donors (Lipinski definition) is 3. The molecule has 1 rings (SSSR count). The molecule has 1 heterocycles. The Bertz CT molecular complexity index is 309. The van der Waals surface area contributed by atoms with Crippen LogP contribution in [0.2, 0.25) is 0 Å². The van der Waals surface area contributed by atoms with Crippen LogP contribution in [0.4, 0.5) is 0 Å². The van der Waals surface area contributed by atoms with Crippen LogP contribution in [0, 0.1) is 10.8 Å². The monoisotopic (exact) mass is 194 g/mol. The van der Waals surface area contributed by atoms with E-state index in [9.17, 15) is 0 Å². The van der Waals surface area contributed by atoms with Crippen molar-refractivity contribution in [3.8, 4) is 0 Å². The summed E-state index contributed by atoms with van der Waals surface area (Å²) in [4.78, 5) is 4.06. The summed E-state index contributed by atoms with van der Waals surface area (Å²) in [6.45, 7) is 0. The molecule has 0 radical (unpaired) electrons. The van der Waals surface area contributed by atoms with Gasteiger partial charge in [-0.15, -0.1) is 0 Å². The van der Waals surface area contributed by atoms with E-state index in [2.05, 4.69) is 4.98 Å². The van der Waals surface area contributed by atoms with Gasteiger partial charge in [-0.2, -0.15) is 0 Å². The van der Waals surface area contributed by atoms with Crippen LogP contribution in [0.15, 0.2) is 24.4 Å². The second kappa shape index (κ2) is 4.61. The lowest BCUT2D eigenvalue weighted by atomic mass is 10.3. The zero-order chi connectivity index (χ0) is 9.68. The summed E-state index contributed by atoms with van der Waals surface area (Å²) in [5.41, 5.74) is 5.95. The second-order valence-corrected chi connectivity index (χ2v) is 3.52. The number of nitrogens with two attached hydrogens (primary N) is 1. The van der Waals surface area contributed by atoms with Crippen LogP contribution >= 0.6 is 11.8 Å². The van der Waals surface area contributed by atoms with Gasteiger partial charge >= 0.3 is 0 Å². The van der Waals surface area contributed by atoms with Crippen LogP contribution < -0.4 is 5.73 Å². The van der Waals surface area contributed by atoms with Crippen molar-refractivity contribution in [2.24, 2.45) is 5.73 Å². The number of nitrogens with zero attached hydrogens (tertiary/aromatic N) is 1. The lowest BCUT2D eigenvalue weighted by Gasteiger charge is -2.00. The molecule has 13 heavy (non-hydrogen) atoms. The van der Waals surface area contributed by atoms with Crippen molar-refractivity contribution in [1.82, 2.24) is 4.98 Å². The van der Waals surface area contributed by atoms with Crippen molar-refractivity contribution in [1.29, 1.82) is 10.8 Å². The van der Waals surface area contributed by atoms with Gasteiger partial charge in [0.25, 0.3) is 0 Å². The molecule has 5 heteroatoms. The summed E-state index contributed by atoms with van der Waals surface area (Å²) >= 11 is 0.954. The normalized spacial score (nSPS) is 9.54. The van der Waals surface area contributed by atoms with Gasteiger partial charge in [-0.3, -0.25) is 15.8 Å². The maximum absolute atomic E-state index is 7.46. The van der Waals surface area contributed by atoms with Crippen molar-refractivity contribution in [3.63, 3.8) is 0 Å². The average Bonchev–Trinajstić information content (AvgIpc) is 2.04. The molecule has 0 aromatic carbocycles. The van der Waals surface area contributed by atoms with E-state index in [4.69, 9.17) is 16.6 Å². The van der Waals surface area contributed by atoms with Gasteiger partial charge in [0.2, 0.25) is 0 Å². The molecule has 0 fully saturated rings. The Morgan fingerprint density at radius 2 is 2.23 bits per heavy atom. The molecule has 0 amide bonds. The third-order valence-electron chi connectivity index (χ3n) is 1.30. The molecule has 0 bridgehead atoms. The Morgan fingerprint density at radius 1 is 1.46 bits per heavy atom. The number of pyridine rings is 1. The molecule has 0 aliphatic heterocycles. The van der Waals surface area contributed by atoms with E-state index in [-0.39, 0.29) is 5.17 Å². The van der Waals surface area contributed by atoms with Crippen LogP contribution in [-0.4, -0.2) is 15.2 Å². The first-order valence-electron chi connectivity index (χ1n) is 3.67. The van der Waals surface area contributed by atoms with E-state index < -0.39 is 0 Å². The fourth-order valence-corrected chi connectivity index (χ4v) is 1.32. The predicted molar refractivity (Wildman–Crippen MR) is 55.2 cm³/mol. The molecular formula is C8H10N4S. The molecule has 0 unspecified atom stereocenters. The number of hydrogen-bond acceptors (Lipinski definition) is 4. The summed E-state index contributed by atoms with van der Waals surface area (Å²) in [7, 11) is 0. The minimum Gasteiger partial charge on any atom is -0.378 e. The van der Waals surface area contributed by atoms with E-state index in [1.807, 2.05) is 18.2 Å². The van der Waals surface area contributed by atoms with Gasteiger partial charge in [-0.1, -0.05) is 6.07 Å². The fourth-order valence-electron chi connectivity index (χ4n) is 0.836. The minimum atomic E-state index is -0.0547. The summed E-state index contributed by atoms with van der Waals surface area (Å²) in [5.74, 6) is 0. The SMILES string of the molecule is N=C(N)SC(=N)Cc1ccccn1. The maximum Gasteiger partial charge on any atom is 0.157 e. The van der Waals surface area contributed by atoms with E-state index >= 15 is 0 Å². The van der Waals surface area contributed by atoms with Gasteiger partial charge in [0.15, 0.2) is 5.17 Å². The Kier molecular flexibility index (Phi) is 3.45. The number of thioether (sulfide) groups is 1. The van der Waals surface area contributed by atoms with E-state index in [1.54, 1.807) is 6.20 Å². The van der Waals surface area contributed by atoms with E-state index in [0.717, 1.165) is 17.5 Å². The highest BCUT2D eigenvalue weighted by molar-refractivity contribution is 8.26. The molecule has 0 aliphatic rings. The summed E-state index contributed by atoms with van der Waals surface area (Å²) in [6, 6.07) is 5.54. The third kappa shape index (κ3) is 3.71. The van der Waals surface area contributed by atoms with Gasteiger partial charge in [0.1, 0.15) is 0 Å². The van der Waals surface area contributed by atoms with Crippen LogP contribution in [0.1, 0.15) is 5.69 Å². The first-order valence-corrected chi connectivity index (χ1v) is 4.49. The topological polar surface area (TPSA) is 86.6 Å². The highest BCUT2D eigenvalue weighted by atomic mass is 32.2. The molecule has 0 saturated heterocycles. The summed E-state index contributed by atoms with van der Waals surface area (Å²) < 4.78 is 0. The minimum absolute atomic E-state index is 0.0547. The maximum atomic E-state index is 7.46. The molecule has 1 aromatic rings. The first kappa shape index (κ1) is 9.73. The molecular weight excluding hydrogens is 184 g/mol. The van der Waals surface area contributed by atoms with Crippen molar-refractivity contribution in [3.05, 3.63) is 30.1 Å². The molecule has 0 atom stereocenters. The Morgan fingerprint density at radius 3 is 2.77 bits per heavy atom. The lowest BCUT2D eigenvalue weighted by molar-refractivity contribution is 1.14. The number of nitrogens with one attached hydrogen (secondary N) is 2. The highest BCUT2D eigenvalue weighted by Crippen LogP contribution is 2.06. The number of amidine groups is 1. The zero-order valence-electron chi connectivity index (χ0n) is 6.95. The van der Waals surface area contributed by atoms with Gasteiger partial charge in [-0.05, 0) is 23.9 Å². The lowest BCUT2D eigenvalue weighted by Crippen LogP contribution is -2.09. The molecule has 68 valence electrons. The Labute approximate surface area is 80.6 Å². The summed E-state index contributed by atoms with van der Waals surface area (Å²) in [6.07, 6.45) is 2.12. The van der Waals surface area contributed by atoms with Gasteiger partial charge in [0.05, 0.1) is 5.04 Å². The van der Waals surface area contributed by atoms with Gasteiger partial charge in [-0.25, -0.2) is 0 Å². The van der Waals surface area contributed by atoms with Crippen molar-refractivity contribution in [2.75, 3.05) is 0 Å². The van der Waals surface area contributed by atoms with E-state index in [0.29, 0.717) is 11.5 Å². The third-order valence-corrected chi connectivity index (χ3v) is 1.91.